The van der Waals surface area contributed by atoms with Gasteiger partial charge in [0, 0.05) is 31.3 Å². The molecule has 0 unspecified atom stereocenters. The molecule has 2 aliphatic rings. The second kappa shape index (κ2) is 9.68. The van der Waals surface area contributed by atoms with E-state index in [1.165, 1.54) is 18.1 Å². The number of carbonyl (C=O) groups is 3. The Morgan fingerprint density at radius 2 is 2.00 bits per heavy atom. The molecule has 0 bridgehead atoms. The molecule has 0 aliphatic carbocycles. The molecule has 0 spiro atoms. The molecule has 174 valence electrons. The van der Waals surface area contributed by atoms with Crippen LogP contribution in [-0.2, 0) is 27.2 Å². The maximum atomic E-state index is 12.8. The van der Waals surface area contributed by atoms with E-state index in [1.807, 2.05) is 13.0 Å². The molecule has 33 heavy (non-hydrogen) atoms. The van der Waals surface area contributed by atoms with Crippen LogP contribution in [0.4, 0.5) is 5.82 Å². The summed E-state index contributed by atoms with van der Waals surface area (Å²) in [5.74, 6) is 0.926. The zero-order chi connectivity index (χ0) is 23.5. The van der Waals surface area contributed by atoms with Crippen molar-refractivity contribution < 1.29 is 14.4 Å². The Bertz CT molecular complexity index is 1080. The number of nitrogens with zero attached hydrogens (tertiary/aromatic N) is 4. The molecule has 1 N–H and O–H groups in total. The number of anilines is 1. The third-order valence-corrected chi connectivity index (χ3v) is 6.41. The second-order valence-electron chi connectivity index (χ2n) is 8.94. The van der Waals surface area contributed by atoms with Crippen molar-refractivity contribution in [1.82, 2.24) is 20.2 Å². The van der Waals surface area contributed by atoms with Gasteiger partial charge >= 0.3 is 0 Å². The van der Waals surface area contributed by atoms with Crippen LogP contribution in [0, 0.1) is 13.8 Å². The van der Waals surface area contributed by atoms with Gasteiger partial charge in [-0.1, -0.05) is 29.8 Å². The van der Waals surface area contributed by atoms with Crippen LogP contribution >= 0.6 is 0 Å². The summed E-state index contributed by atoms with van der Waals surface area (Å²) >= 11 is 0. The number of likely N-dealkylation sites (tertiary alicyclic amines) is 1. The Morgan fingerprint density at radius 3 is 2.76 bits per heavy atom. The van der Waals surface area contributed by atoms with Crippen molar-refractivity contribution in [2.45, 2.75) is 58.9 Å². The first-order chi connectivity index (χ1) is 15.8. The Morgan fingerprint density at radius 1 is 1.18 bits per heavy atom. The van der Waals surface area contributed by atoms with Crippen LogP contribution in [-0.4, -0.2) is 52.2 Å². The summed E-state index contributed by atoms with van der Waals surface area (Å²) in [7, 11) is 0. The van der Waals surface area contributed by atoms with Crippen molar-refractivity contribution >= 4 is 23.5 Å². The van der Waals surface area contributed by atoms with Gasteiger partial charge in [-0.2, -0.15) is 0 Å². The zero-order valence-corrected chi connectivity index (χ0v) is 19.6. The van der Waals surface area contributed by atoms with E-state index in [-0.39, 0.29) is 30.3 Å². The number of amides is 3. The van der Waals surface area contributed by atoms with Crippen LogP contribution in [0.15, 0.2) is 24.3 Å². The quantitative estimate of drug-likeness (QED) is 0.731. The predicted octanol–water partition coefficient (Wildman–Crippen LogP) is 2.41. The maximum absolute atomic E-state index is 12.8. The summed E-state index contributed by atoms with van der Waals surface area (Å²) in [6, 6.07) is 8.05. The highest BCUT2D eigenvalue weighted by Gasteiger charge is 2.35. The van der Waals surface area contributed by atoms with Crippen LogP contribution in [0.5, 0.6) is 0 Å². The minimum Gasteiger partial charge on any atom is -0.347 e. The van der Waals surface area contributed by atoms with Gasteiger partial charge in [-0.05, 0) is 45.1 Å². The fourth-order valence-electron chi connectivity index (χ4n) is 4.69. The molecule has 1 atom stereocenters. The van der Waals surface area contributed by atoms with E-state index in [1.54, 1.807) is 9.80 Å². The average molecular weight is 450 g/mol. The standard InChI is InChI=1S/C25H31N5O3/c1-16-7-6-8-19(13-16)10-12-30-22(32)14-20-17(2)27-24(28-25(20)30)21-9-4-5-11-29(21)23(33)15-26-18(3)31/h6-8,13,21H,4-5,9-12,14-15H2,1-3H3,(H,26,31)/t21-/m1/s1. The summed E-state index contributed by atoms with van der Waals surface area (Å²) < 4.78 is 0. The lowest BCUT2D eigenvalue weighted by Crippen LogP contribution is -2.44. The highest BCUT2D eigenvalue weighted by Crippen LogP contribution is 2.34. The second-order valence-corrected chi connectivity index (χ2v) is 8.94. The smallest absolute Gasteiger partial charge is 0.242 e. The van der Waals surface area contributed by atoms with E-state index >= 15 is 0 Å². The maximum Gasteiger partial charge on any atom is 0.242 e. The van der Waals surface area contributed by atoms with E-state index in [9.17, 15) is 14.4 Å². The summed E-state index contributed by atoms with van der Waals surface area (Å²) in [4.78, 5) is 50.0. The molecular weight excluding hydrogens is 418 g/mol. The molecule has 1 aromatic heterocycles. The topological polar surface area (TPSA) is 95.5 Å². The number of hydrogen-bond donors (Lipinski definition) is 1. The number of carbonyl (C=O) groups excluding carboxylic acids is 3. The van der Waals surface area contributed by atoms with Crippen LogP contribution in [0.1, 0.15) is 60.4 Å². The van der Waals surface area contributed by atoms with Crippen LogP contribution < -0.4 is 10.2 Å². The number of benzene rings is 1. The first-order valence-corrected chi connectivity index (χ1v) is 11.6. The molecule has 1 aromatic carbocycles. The van der Waals surface area contributed by atoms with Gasteiger partial charge in [0.1, 0.15) is 5.82 Å². The van der Waals surface area contributed by atoms with Crippen molar-refractivity contribution in [2.24, 2.45) is 0 Å². The summed E-state index contributed by atoms with van der Waals surface area (Å²) in [5, 5.41) is 2.59. The van der Waals surface area contributed by atoms with Gasteiger partial charge in [0.15, 0.2) is 5.82 Å². The average Bonchev–Trinajstić information content (AvgIpc) is 3.11. The van der Waals surface area contributed by atoms with Crippen molar-refractivity contribution in [3.63, 3.8) is 0 Å². The van der Waals surface area contributed by atoms with Gasteiger partial charge in [-0.15, -0.1) is 0 Å². The normalized spacial score (nSPS) is 17.8. The third-order valence-electron chi connectivity index (χ3n) is 6.41. The molecule has 2 aromatic rings. The minimum atomic E-state index is -0.252. The number of aromatic nitrogens is 2. The molecule has 8 heteroatoms. The van der Waals surface area contributed by atoms with Gasteiger partial charge in [-0.3, -0.25) is 19.3 Å². The molecule has 2 aliphatic heterocycles. The predicted molar refractivity (Wildman–Crippen MR) is 125 cm³/mol. The molecule has 4 rings (SSSR count). The molecule has 3 amide bonds. The number of piperidine rings is 1. The highest BCUT2D eigenvalue weighted by atomic mass is 16.2. The molecule has 0 radical (unpaired) electrons. The van der Waals surface area contributed by atoms with Crippen molar-refractivity contribution in [1.29, 1.82) is 0 Å². The Labute approximate surface area is 194 Å². The van der Waals surface area contributed by atoms with Crippen molar-refractivity contribution in [3.8, 4) is 0 Å². The molecule has 8 nitrogen and oxygen atoms in total. The lowest BCUT2D eigenvalue weighted by atomic mass is 10.0. The fraction of sp³-hybridized carbons (Fsp3) is 0.480. The summed E-state index contributed by atoms with van der Waals surface area (Å²) in [6.07, 6.45) is 3.71. The molecule has 1 fully saturated rings. The highest BCUT2D eigenvalue weighted by molar-refractivity contribution is 6.00. The van der Waals surface area contributed by atoms with Gasteiger partial charge in [-0.25, -0.2) is 9.97 Å². The summed E-state index contributed by atoms with van der Waals surface area (Å²) in [6.45, 7) is 6.51. The largest absolute Gasteiger partial charge is 0.347 e. The zero-order valence-electron chi connectivity index (χ0n) is 19.6. The lowest BCUT2D eigenvalue weighted by Gasteiger charge is -2.35. The molecule has 0 saturated carbocycles. The number of hydrogen-bond acceptors (Lipinski definition) is 5. The lowest BCUT2D eigenvalue weighted by molar-refractivity contribution is -0.136. The van der Waals surface area contributed by atoms with Crippen molar-refractivity contribution in [2.75, 3.05) is 24.5 Å². The molecule has 3 heterocycles. The Kier molecular flexibility index (Phi) is 6.72. The van der Waals surface area contributed by atoms with Crippen LogP contribution in [0.3, 0.4) is 0 Å². The first-order valence-electron chi connectivity index (χ1n) is 11.6. The SMILES string of the molecule is CC(=O)NCC(=O)N1CCCC[C@@H]1c1nc(C)c2c(n1)N(CCc1cccc(C)c1)C(=O)C2. The first kappa shape index (κ1) is 22.9. The monoisotopic (exact) mass is 449 g/mol. The Hall–Kier alpha value is -3.29. The minimum absolute atomic E-state index is 0.0309. The van der Waals surface area contributed by atoms with Crippen LogP contribution in [0.2, 0.25) is 0 Å². The van der Waals surface area contributed by atoms with E-state index in [0.29, 0.717) is 31.2 Å². The number of aryl methyl sites for hydroxylation is 2. The van der Waals surface area contributed by atoms with E-state index in [2.05, 4.69) is 30.4 Å². The van der Waals surface area contributed by atoms with E-state index < -0.39 is 0 Å². The van der Waals surface area contributed by atoms with E-state index in [4.69, 9.17) is 9.97 Å². The fourth-order valence-corrected chi connectivity index (χ4v) is 4.69. The summed E-state index contributed by atoms with van der Waals surface area (Å²) in [5.41, 5.74) is 4.05. The van der Waals surface area contributed by atoms with Crippen molar-refractivity contribution in [3.05, 3.63) is 52.5 Å². The van der Waals surface area contributed by atoms with Gasteiger partial charge < -0.3 is 10.2 Å². The van der Waals surface area contributed by atoms with Crippen LogP contribution in [0.25, 0.3) is 0 Å². The number of fused-ring (bicyclic) bond motifs is 1. The number of nitrogens with one attached hydrogen (secondary N) is 1. The van der Waals surface area contributed by atoms with Gasteiger partial charge in [0.2, 0.25) is 17.7 Å². The molecule has 1 saturated heterocycles. The van der Waals surface area contributed by atoms with Gasteiger partial charge in [0.25, 0.3) is 0 Å². The number of rotatable bonds is 6. The third kappa shape index (κ3) is 5.05. The van der Waals surface area contributed by atoms with E-state index in [0.717, 1.165) is 36.9 Å². The van der Waals surface area contributed by atoms with Gasteiger partial charge in [0.05, 0.1) is 19.0 Å². The Balaban J connectivity index is 1.58. The molecular formula is C25H31N5O3.